The van der Waals surface area contributed by atoms with Crippen LogP contribution in [0.15, 0.2) is 0 Å². The van der Waals surface area contributed by atoms with E-state index in [1.807, 2.05) is 0 Å². The maximum atomic E-state index is 5.88. The molecule has 0 unspecified atom stereocenters. The molecule has 0 bridgehead atoms. The van der Waals surface area contributed by atoms with Crippen LogP contribution in [0.2, 0.25) is 13.1 Å². The molecule has 0 radical (unpaired) electrons. The van der Waals surface area contributed by atoms with E-state index in [9.17, 15) is 0 Å². The molecular weight excluding hydrogens is 256 g/mol. The Kier molecular flexibility index (Phi) is 13.2. The van der Waals surface area contributed by atoms with Gasteiger partial charge < -0.3 is 13.6 Å². The highest BCUT2D eigenvalue weighted by Gasteiger charge is 2.23. The molecule has 0 amide bonds. The van der Waals surface area contributed by atoms with Crippen molar-refractivity contribution >= 4 is 8.56 Å². The van der Waals surface area contributed by atoms with Crippen LogP contribution in [-0.4, -0.2) is 35.5 Å². The Morgan fingerprint density at radius 3 is 1.79 bits per heavy atom. The molecule has 19 heavy (non-hydrogen) atoms. The van der Waals surface area contributed by atoms with Crippen molar-refractivity contribution in [2.45, 2.75) is 71.4 Å². The third kappa shape index (κ3) is 14.3. The van der Waals surface area contributed by atoms with E-state index >= 15 is 0 Å². The van der Waals surface area contributed by atoms with Gasteiger partial charge in [-0.15, -0.1) is 0 Å². The van der Waals surface area contributed by atoms with E-state index in [1.165, 1.54) is 44.9 Å². The SMILES string of the molecule is CCCCCCCCCCO[Si](C)(C)OCCOC. The molecule has 0 rings (SSSR count). The molecule has 0 aliphatic heterocycles. The molecule has 0 N–H and O–H groups in total. The maximum Gasteiger partial charge on any atom is 0.331 e. The van der Waals surface area contributed by atoms with Crippen LogP contribution in [0.4, 0.5) is 0 Å². The smallest absolute Gasteiger partial charge is 0.331 e. The molecule has 0 aromatic rings. The first kappa shape index (κ1) is 19.1. The second-order valence-corrected chi connectivity index (χ2v) is 8.94. The Morgan fingerprint density at radius 2 is 1.21 bits per heavy atom. The zero-order valence-corrected chi connectivity index (χ0v) is 14.5. The van der Waals surface area contributed by atoms with Crippen LogP contribution in [0.3, 0.4) is 0 Å². The summed E-state index contributed by atoms with van der Waals surface area (Å²) in [7, 11) is -0.213. The van der Waals surface area contributed by atoms with Crippen LogP contribution < -0.4 is 0 Å². The molecule has 3 nitrogen and oxygen atoms in total. The van der Waals surface area contributed by atoms with Gasteiger partial charge in [-0.25, -0.2) is 0 Å². The van der Waals surface area contributed by atoms with Crippen molar-refractivity contribution in [2.24, 2.45) is 0 Å². The van der Waals surface area contributed by atoms with Gasteiger partial charge in [-0.05, 0) is 19.5 Å². The Morgan fingerprint density at radius 1 is 0.684 bits per heavy atom. The summed E-state index contributed by atoms with van der Waals surface area (Å²) in [4.78, 5) is 0. The van der Waals surface area contributed by atoms with Crippen LogP contribution in [0.5, 0.6) is 0 Å². The number of unbranched alkanes of at least 4 members (excludes halogenated alkanes) is 7. The lowest BCUT2D eigenvalue weighted by atomic mass is 10.1. The topological polar surface area (TPSA) is 27.7 Å². The summed E-state index contributed by atoms with van der Waals surface area (Å²) >= 11 is 0. The van der Waals surface area contributed by atoms with Gasteiger partial charge in [0.25, 0.3) is 0 Å². The first-order valence-electron chi connectivity index (χ1n) is 7.89. The zero-order valence-electron chi connectivity index (χ0n) is 13.5. The van der Waals surface area contributed by atoms with E-state index < -0.39 is 8.56 Å². The average Bonchev–Trinajstić information content (AvgIpc) is 2.37. The minimum Gasteiger partial charge on any atom is -0.395 e. The summed E-state index contributed by atoms with van der Waals surface area (Å²) < 4.78 is 16.6. The second-order valence-electron chi connectivity index (χ2n) is 5.56. The van der Waals surface area contributed by atoms with Gasteiger partial charge in [0.2, 0.25) is 0 Å². The summed E-state index contributed by atoms with van der Waals surface area (Å²) in [5, 5.41) is 0. The Balaban J connectivity index is 3.27. The molecular formula is C15H34O3Si. The van der Waals surface area contributed by atoms with Gasteiger partial charge in [0.15, 0.2) is 0 Å². The van der Waals surface area contributed by atoms with E-state index in [4.69, 9.17) is 13.6 Å². The molecule has 116 valence electrons. The summed E-state index contributed by atoms with van der Waals surface area (Å²) in [5.74, 6) is 0. The minimum absolute atomic E-state index is 0.646. The minimum atomic E-state index is -1.91. The third-order valence-electron chi connectivity index (χ3n) is 3.18. The van der Waals surface area contributed by atoms with Crippen molar-refractivity contribution in [3.8, 4) is 0 Å². The Labute approximate surface area is 121 Å². The van der Waals surface area contributed by atoms with Crippen LogP contribution in [0.1, 0.15) is 58.3 Å². The van der Waals surface area contributed by atoms with Crippen molar-refractivity contribution < 1.29 is 13.6 Å². The number of hydrogen-bond donors (Lipinski definition) is 0. The van der Waals surface area contributed by atoms with E-state index in [-0.39, 0.29) is 0 Å². The van der Waals surface area contributed by atoms with Crippen molar-refractivity contribution in [3.63, 3.8) is 0 Å². The fraction of sp³-hybridized carbons (Fsp3) is 1.00. The number of hydrogen-bond acceptors (Lipinski definition) is 3. The van der Waals surface area contributed by atoms with Crippen molar-refractivity contribution in [1.82, 2.24) is 0 Å². The summed E-state index contributed by atoms with van der Waals surface area (Å²) in [6, 6.07) is 0. The highest BCUT2D eigenvalue weighted by atomic mass is 28.4. The molecule has 4 heteroatoms. The summed E-state index contributed by atoms with van der Waals surface area (Å²) in [5.41, 5.74) is 0. The van der Waals surface area contributed by atoms with E-state index in [0.717, 1.165) is 13.0 Å². The monoisotopic (exact) mass is 290 g/mol. The van der Waals surface area contributed by atoms with E-state index in [2.05, 4.69) is 20.0 Å². The van der Waals surface area contributed by atoms with Gasteiger partial charge in [0, 0.05) is 13.7 Å². The standard InChI is InChI=1S/C15H34O3Si/c1-5-6-7-8-9-10-11-12-13-17-19(3,4)18-15-14-16-2/h5-15H2,1-4H3. The molecule has 0 aliphatic rings. The van der Waals surface area contributed by atoms with E-state index in [1.54, 1.807) is 7.11 Å². The Bertz CT molecular complexity index is 186. The molecule has 0 aliphatic carbocycles. The third-order valence-corrected chi connectivity index (χ3v) is 4.98. The molecule has 0 saturated carbocycles. The van der Waals surface area contributed by atoms with Crippen LogP contribution in [0, 0.1) is 0 Å². The number of rotatable bonds is 14. The van der Waals surface area contributed by atoms with Crippen molar-refractivity contribution in [2.75, 3.05) is 26.9 Å². The van der Waals surface area contributed by atoms with Crippen molar-refractivity contribution in [3.05, 3.63) is 0 Å². The van der Waals surface area contributed by atoms with Gasteiger partial charge in [0.1, 0.15) is 0 Å². The first-order valence-corrected chi connectivity index (χ1v) is 10.7. The van der Waals surface area contributed by atoms with Crippen LogP contribution >= 0.6 is 0 Å². The molecule has 0 spiro atoms. The Hall–Kier alpha value is 0.0969. The van der Waals surface area contributed by atoms with Crippen LogP contribution in [-0.2, 0) is 13.6 Å². The number of ether oxygens (including phenoxy) is 1. The molecule has 0 fully saturated rings. The maximum absolute atomic E-state index is 5.88. The van der Waals surface area contributed by atoms with Gasteiger partial charge in [-0.3, -0.25) is 0 Å². The van der Waals surface area contributed by atoms with E-state index in [0.29, 0.717) is 13.2 Å². The molecule has 0 saturated heterocycles. The predicted octanol–water partition coefficient (Wildman–Crippen LogP) is 4.51. The van der Waals surface area contributed by atoms with Crippen LogP contribution in [0.25, 0.3) is 0 Å². The molecule has 0 atom stereocenters. The van der Waals surface area contributed by atoms with Gasteiger partial charge >= 0.3 is 8.56 Å². The predicted molar refractivity (Wildman–Crippen MR) is 83.9 cm³/mol. The van der Waals surface area contributed by atoms with Gasteiger partial charge in [0.05, 0.1) is 13.2 Å². The average molecular weight is 291 g/mol. The lowest BCUT2D eigenvalue weighted by Gasteiger charge is -2.22. The second kappa shape index (κ2) is 13.1. The van der Waals surface area contributed by atoms with Crippen molar-refractivity contribution in [1.29, 1.82) is 0 Å². The first-order chi connectivity index (χ1) is 9.12. The summed E-state index contributed by atoms with van der Waals surface area (Å²) in [6.45, 7) is 8.62. The fourth-order valence-corrected chi connectivity index (χ4v) is 3.26. The van der Waals surface area contributed by atoms with Gasteiger partial charge in [-0.1, -0.05) is 51.9 Å². The molecule has 0 aromatic heterocycles. The highest BCUT2D eigenvalue weighted by Crippen LogP contribution is 2.11. The fourth-order valence-electron chi connectivity index (χ4n) is 1.97. The highest BCUT2D eigenvalue weighted by molar-refractivity contribution is 6.64. The molecule has 0 heterocycles. The molecule has 0 aromatic carbocycles. The normalized spacial score (nSPS) is 12.0. The zero-order chi connectivity index (χ0) is 14.4. The quantitative estimate of drug-likeness (QED) is 0.348. The lowest BCUT2D eigenvalue weighted by Crippen LogP contribution is -2.36. The summed E-state index contributed by atoms with van der Waals surface area (Å²) in [6.07, 6.45) is 10.7. The largest absolute Gasteiger partial charge is 0.395 e. The van der Waals surface area contributed by atoms with Gasteiger partial charge in [-0.2, -0.15) is 0 Å². The number of methoxy groups -OCH3 is 1. The lowest BCUT2D eigenvalue weighted by molar-refractivity contribution is 0.112.